The summed E-state index contributed by atoms with van der Waals surface area (Å²) in [5.41, 5.74) is 8.38. The summed E-state index contributed by atoms with van der Waals surface area (Å²) >= 11 is 0. The molecule has 0 aliphatic carbocycles. The maximum absolute atomic E-state index is 9.10. The van der Waals surface area contributed by atoms with Crippen LogP contribution in [0.5, 0.6) is 11.5 Å². The number of anilines is 1. The first-order valence-corrected chi connectivity index (χ1v) is 7.41. The van der Waals surface area contributed by atoms with Gasteiger partial charge in [0.2, 0.25) is 0 Å². The summed E-state index contributed by atoms with van der Waals surface area (Å²) in [5, 5.41) is 9.10. The predicted molar refractivity (Wildman–Crippen MR) is 91.3 cm³/mol. The van der Waals surface area contributed by atoms with Crippen LogP contribution in [0.15, 0.2) is 72.5 Å². The van der Waals surface area contributed by atoms with E-state index in [0.717, 1.165) is 17.8 Å². The van der Waals surface area contributed by atoms with Crippen molar-refractivity contribution in [3.8, 4) is 17.6 Å². The Bertz CT molecular complexity index is 785. The van der Waals surface area contributed by atoms with Crippen LogP contribution in [0.4, 0.5) is 5.69 Å². The maximum atomic E-state index is 9.10. The molecule has 0 amide bonds. The van der Waals surface area contributed by atoms with Crippen molar-refractivity contribution < 1.29 is 4.74 Å². The average molecular weight is 303 g/mol. The highest BCUT2D eigenvalue weighted by molar-refractivity contribution is 5.55. The van der Waals surface area contributed by atoms with Crippen molar-refractivity contribution in [1.29, 1.82) is 5.26 Å². The molecule has 0 saturated carbocycles. The molecular formula is C19H17N3O. The van der Waals surface area contributed by atoms with Crippen molar-refractivity contribution in [2.45, 2.75) is 0 Å². The Morgan fingerprint density at radius 1 is 1.13 bits per heavy atom. The molecule has 114 valence electrons. The van der Waals surface area contributed by atoms with Gasteiger partial charge >= 0.3 is 0 Å². The van der Waals surface area contributed by atoms with Gasteiger partial charge in [0, 0.05) is 25.0 Å². The van der Waals surface area contributed by atoms with Gasteiger partial charge in [-0.15, -0.1) is 0 Å². The largest absolute Gasteiger partial charge is 0.456 e. The topological polar surface area (TPSA) is 62.3 Å². The average Bonchev–Trinajstić information content (AvgIpc) is 2.63. The van der Waals surface area contributed by atoms with E-state index in [1.54, 1.807) is 12.1 Å². The molecule has 0 atom stereocenters. The number of nitrogens with two attached hydrogens (primary N) is 1. The summed E-state index contributed by atoms with van der Waals surface area (Å²) in [6, 6.07) is 17.1. The standard InChI is InChI=1S/C19H17N3O/c20-12-15-4-3-11-22(14-15)17-7-9-18(10-8-17)23-19-6-2-1-5-16(19)13-21/h1-10,14H,11-12,20H2. The Morgan fingerprint density at radius 3 is 2.65 bits per heavy atom. The van der Waals surface area contributed by atoms with Crippen LogP contribution in [0.3, 0.4) is 0 Å². The zero-order valence-corrected chi connectivity index (χ0v) is 12.6. The summed E-state index contributed by atoms with van der Waals surface area (Å²) in [6.45, 7) is 1.35. The van der Waals surface area contributed by atoms with Crippen molar-refractivity contribution >= 4 is 5.69 Å². The first kappa shape index (κ1) is 14.9. The van der Waals surface area contributed by atoms with E-state index in [2.05, 4.69) is 23.2 Å². The second-order valence-corrected chi connectivity index (χ2v) is 5.17. The summed E-state index contributed by atoms with van der Waals surface area (Å²) in [6.07, 6.45) is 6.20. The third-order valence-corrected chi connectivity index (χ3v) is 3.60. The molecule has 0 radical (unpaired) electrons. The van der Waals surface area contributed by atoms with E-state index in [-0.39, 0.29) is 0 Å². The van der Waals surface area contributed by atoms with Gasteiger partial charge in [-0.1, -0.05) is 24.3 Å². The Morgan fingerprint density at radius 2 is 1.91 bits per heavy atom. The second-order valence-electron chi connectivity index (χ2n) is 5.17. The molecule has 0 spiro atoms. The minimum absolute atomic E-state index is 0.522. The van der Waals surface area contributed by atoms with Gasteiger partial charge < -0.3 is 15.4 Å². The normalized spacial score (nSPS) is 13.4. The van der Waals surface area contributed by atoms with E-state index in [1.165, 1.54) is 0 Å². The van der Waals surface area contributed by atoms with Crippen LogP contribution in [-0.4, -0.2) is 13.1 Å². The fourth-order valence-corrected chi connectivity index (χ4v) is 2.39. The molecule has 2 aromatic rings. The van der Waals surface area contributed by atoms with E-state index in [9.17, 15) is 0 Å². The highest BCUT2D eigenvalue weighted by atomic mass is 16.5. The first-order chi connectivity index (χ1) is 11.3. The maximum Gasteiger partial charge on any atom is 0.145 e. The molecule has 0 aromatic heterocycles. The lowest BCUT2D eigenvalue weighted by Crippen LogP contribution is -2.21. The Balaban J connectivity index is 1.77. The quantitative estimate of drug-likeness (QED) is 0.938. The molecule has 1 heterocycles. The molecule has 1 aliphatic heterocycles. The molecule has 2 N–H and O–H groups in total. The summed E-state index contributed by atoms with van der Waals surface area (Å²) in [5.74, 6) is 1.26. The number of hydrogen-bond donors (Lipinski definition) is 1. The van der Waals surface area contributed by atoms with Crippen LogP contribution in [0, 0.1) is 11.3 Å². The van der Waals surface area contributed by atoms with E-state index < -0.39 is 0 Å². The van der Waals surface area contributed by atoms with E-state index in [4.69, 9.17) is 15.7 Å². The summed E-state index contributed by atoms with van der Waals surface area (Å²) in [7, 11) is 0. The Kier molecular flexibility index (Phi) is 4.41. The number of nitrogens with zero attached hydrogens (tertiary/aromatic N) is 2. The zero-order chi connectivity index (χ0) is 16.1. The minimum Gasteiger partial charge on any atom is -0.456 e. The van der Waals surface area contributed by atoms with Crippen LogP contribution < -0.4 is 15.4 Å². The molecule has 2 aromatic carbocycles. The molecule has 0 fully saturated rings. The van der Waals surface area contributed by atoms with Crippen LogP contribution in [0.2, 0.25) is 0 Å². The van der Waals surface area contributed by atoms with Gasteiger partial charge in [0.15, 0.2) is 0 Å². The van der Waals surface area contributed by atoms with Gasteiger partial charge in [-0.05, 0) is 42.0 Å². The number of hydrogen-bond acceptors (Lipinski definition) is 4. The highest BCUT2D eigenvalue weighted by Crippen LogP contribution is 2.27. The van der Waals surface area contributed by atoms with Crippen molar-refractivity contribution in [3.63, 3.8) is 0 Å². The second kappa shape index (κ2) is 6.82. The molecule has 0 bridgehead atoms. The molecule has 3 rings (SSSR count). The van der Waals surface area contributed by atoms with Crippen LogP contribution in [-0.2, 0) is 0 Å². The van der Waals surface area contributed by atoms with Gasteiger partial charge in [-0.2, -0.15) is 5.26 Å². The third-order valence-electron chi connectivity index (χ3n) is 3.60. The fourth-order valence-electron chi connectivity index (χ4n) is 2.39. The van der Waals surface area contributed by atoms with Crippen LogP contribution >= 0.6 is 0 Å². The lowest BCUT2D eigenvalue weighted by atomic mass is 10.2. The SMILES string of the molecule is N#Cc1ccccc1Oc1ccc(N2C=C(CN)C=CC2)cc1. The summed E-state index contributed by atoms with van der Waals surface area (Å²) in [4.78, 5) is 2.13. The van der Waals surface area contributed by atoms with E-state index >= 15 is 0 Å². The van der Waals surface area contributed by atoms with Crippen LogP contribution in [0.1, 0.15) is 5.56 Å². The monoisotopic (exact) mass is 303 g/mol. The number of ether oxygens (including phenoxy) is 1. The molecule has 23 heavy (non-hydrogen) atoms. The number of para-hydroxylation sites is 1. The van der Waals surface area contributed by atoms with Gasteiger partial charge in [0.1, 0.15) is 17.6 Å². The van der Waals surface area contributed by atoms with Crippen molar-refractivity contribution in [1.82, 2.24) is 0 Å². The molecule has 1 aliphatic rings. The molecule has 0 unspecified atom stereocenters. The van der Waals surface area contributed by atoms with E-state index in [1.807, 2.05) is 42.5 Å². The smallest absolute Gasteiger partial charge is 0.145 e. The Labute approximate surface area is 135 Å². The van der Waals surface area contributed by atoms with Crippen molar-refractivity contribution in [2.75, 3.05) is 18.0 Å². The molecule has 4 heteroatoms. The van der Waals surface area contributed by atoms with Crippen LogP contribution in [0.25, 0.3) is 0 Å². The van der Waals surface area contributed by atoms with Gasteiger partial charge in [0.25, 0.3) is 0 Å². The van der Waals surface area contributed by atoms with E-state index in [0.29, 0.717) is 23.6 Å². The zero-order valence-electron chi connectivity index (χ0n) is 12.6. The predicted octanol–water partition coefficient (Wildman–Crippen LogP) is 3.57. The van der Waals surface area contributed by atoms with Gasteiger partial charge in [-0.3, -0.25) is 0 Å². The van der Waals surface area contributed by atoms with Crippen molar-refractivity contribution in [3.05, 3.63) is 78.0 Å². The minimum atomic E-state index is 0.522. The number of benzene rings is 2. The lowest BCUT2D eigenvalue weighted by molar-refractivity contribution is 0.481. The van der Waals surface area contributed by atoms with Gasteiger partial charge in [-0.25, -0.2) is 0 Å². The lowest BCUT2D eigenvalue weighted by Gasteiger charge is -2.23. The number of rotatable bonds is 4. The summed E-state index contributed by atoms with van der Waals surface area (Å²) < 4.78 is 5.79. The highest BCUT2D eigenvalue weighted by Gasteiger charge is 2.08. The fraction of sp³-hybridized carbons (Fsp3) is 0.105. The van der Waals surface area contributed by atoms with Crippen molar-refractivity contribution in [2.24, 2.45) is 5.73 Å². The molecule has 4 nitrogen and oxygen atoms in total. The third kappa shape index (κ3) is 3.42. The number of nitriles is 1. The molecular weight excluding hydrogens is 286 g/mol. The Hall–Kier alpha value is -3.03. The first-order valence-electron chi connectivity index (χ1n) is 7.41. The van der Waals surface area contributed by atoms with Gasteiger partial charge in [0.05, 0.1) is 5.56 Å². The molecule has 0 saturated heterocycles.